The third-order valence-electron chi connectivity index (χ3n) is 4.71. The van der Waals surface area contributed by atoms with Gasteiger partial charge in [-0.1, -0.05) is 23.7 Å². The van der Waals surface area contributed by atoms with Gasteiger partial charge in [0.25, 0.3) is 5.56 Å². The number of benzene rings is 1. The van der Waals surface area contributed by atoms with Crippen LogP contribution in [-0.4, -0.2) is 31.3 Å². The molecule has 0 aliphatic rings. The van der Waals surface area contributed by atoms with Crippen molar-refractivity contribution < 1.29 is 8.95 Å². The van der Waals surface area contributed by atoms with Crippen LogP contribution >= 0.6 is 11.6 Å². The van der Waals surface area contributed by atoms with Crippen LogP contribution in [-0.2, 0) is 16.8 Å². The van der Waals surface area contributed by atoms with Gasteiger partial charge in [-0.3, -0.25) is 4.79 Å². The van der Waals surface area contributed by atoms with E-state index in [1.165, 1.54) is 10.8 Å². The molecule has 9 heteroatoms. The Bertz CT molecular complexity index is 1470. The van der Waals surface area contributed by atoms with Crippen molar-refractivity contribution in [1.29, 1.82) is 0 Å². The summed E-state index contributed by atoms with van der Waals surface area (Å²) in [6.07, 6.45) is 8.05. The molecule has 0 aliphatic heterocycles. The fraction of sp³-hybridized carbons (Fsp3) is 0.182. The second-order valence-corrected chi connectivity index (χ2v) is 10.5. The zero-order valence-corrected chi connectivity index (χ0v) is 19.0. The standard InChI is InChI=1S/C22H21ClN4O3S/c1-13-6-5-7-18(23)20(13)30-21-16(10-14(11-25-21)26-31(3,4)29)17-12-27(2)22(28)19-15(17)8-9-24-19/h5-12,24H,1-4H3. The molecule has 1 N–H and O–H groups in total. The minimum Gasteiger partial charge on any atom is -0.437 e. The highest BCUT2D eigenvalue weighted by atomic mass is 35.5. The minimum absolute atomic E-state index is 0.146. The first-order chi connectivity index (χ1) is 14.6. The number of fused-ring (bicyclic) bond motifs is 1. The largest absolute Gasteiger partial charge is 0.437 e. The van der Waals surface area contributed by atoms with E-state index in [2.05, 4.69) is 14.3 Å². The first-order valence-corrected chi connectivity index (χ1v) is 12.1. The fourth-order valence-corrected chi connectivity index (χ4v) is 4.21. The predicted molar refractivity (Wildman–Crippen MR) is 125 cm³/mol. The van der Waals surface area contributed by atoms with E-state index < -0.39 is 9.73 Å². The van der Waals surface area contributed by atoms with E-state index in [1.807, 2.05) is 25.1 Å². The number of ether oxygens (including phenoxy) is 1. The van der Waals surface area contributed by atoms with Crippen LogP contribution in [0.25, 0.3) is 22.0 Å². The topological polar surface area (TPSA) is 89.3 Å². The van der Waals surface area contributed by atoms with Crippen LogP contribution in [0.3, 0.4) is 0 Å². The summed E-state index contributed by atoms with van der Waals surface area (Å²) in [6.45, 7) is 1.89. The van der Waals surface area contributed by atoms with Crippen LogP contribution in [0.5, 0.6) is 11.6 Å². The summed E-state index contributed by atoms with van der Waals surface area (Å²) in [4.78, 5) is 20.0. The number of nitrogens with one attached hydrogen (secondary N) is 1. The Morgan fingerprint density at radius 2 is 2.00 bits per heavy atom. The second-order valence-electron chi connectivity index (χ2n) is 7.53. The summed E-state index contributed by atoms with van der Waals surface area (Å²) in [6, 6.07) is 9.06. The number of hydrogen-bond acceptors (Lipinski definition) is 5. The average Bonchev–Trinajstić information content (AvgIpc) is 3.17. The average molecular weight is 457 g/mol. The van der Waals surface area contributed by atoms with Crippen molar-refractivity contribution in [3.63, 3.8) is 0 Å². The molecule has 0 atom stereocenters. The molecule has 0 spiro atoms. The number of aromatic nitrogens is 3. The number of pyridine rings is 2. The Labute approximate surface area is 184 Å². The third-order valence-corrected chi connectivity index (χ3v) is 5.66. The van der Waals surface area contributed by atoms with Crippen LogP contribution in [0.4, 0.5) is 5.69 Å². The Morgan fingerprint density at radius 3 is 2.71 bits per heavy atom. The summed E-state index contributed by atoms with van der Waals surface area (Å²) in [5.41, 5.74) is 2.95. The van der Waals surface area contributed by atoms with Crippen LogP contribution in [0.15, 0.2) is 58.1 Å². The highest BCUT2D eigenvalue weighted by Gasteiger charge is 2.18. The van der Waals surface area contributed by atoms with Gasteiger partial charge in [-0.15, -0.1) is 0 Å². The lowest BCUT2D eigenvalue weighted by molar-refractivity contribution is 0.462. The number of halogens is 1. The molecular weight excluding hydrogens is 436 g/mol. The summed E-state index contributed by atoms with van der Waals surface area (Å²) >= 11 is 6.36. The molecule has 4 aromatic rings. The van der Waals surface area contributed by atoms with E-state index in [0.29, 0.717) is 33.4 Å². The quantitative estimate of drug-likeness (QED) is 0.465. The Balaban J connectivity index is 2.00. The summed E-state index contributed by atoms with van der Waals surface area (Å²) < 4.78 is 24.2. The van der Waals surface area contributed by atoms with Crippen molar-refractivity contribution >= 4 is 37.9 Å². The fourth-order valence-electron chi connectivity index (χ4n) is 3.35. The number of aromatic amines is 1. The SMILES string of the molecule is Cc1cccc(Cl)c1Oc1ncc(N=S(C)(C)=O)cc1-c1cn(C)c(=O)c2[nH]ccc12. The van der Waals surface area contributed by atoms with Crippen molar-refractivity contribution in [3.05, 3.63) is 69.9 Å². The Kier molecular flexibility index (Phi) is 5.36. The number of nitrogens with zero attached hydrogens (tertiary/aromatic N) is 3. The van der Waals surface area contributed by atoms with Gasteiger partial charge in [0.1, 0.15) is 5.52 Å². The number of H-pyrrole nitrogens is 1. The Hall–Kier alpha value is -3.10. The van der Waals surface area contributed by atoms with E-state index in [1.54, 1.807) is 44.1 Å². The lowest BCUT2D eigenvalue weighted by Gasteiger charge is -2.15. The van der Waals surface area contributed by atoms with Gasteiger partial charge < -0.3 is 14.3 Å². The molecule has 0 aliphatic carbocycles. The maximum atomic E-state index is 12.5. The van der Waals surface area contributed by atoms with Gasteiger partial charge in [-0.25, -0.2) is 9.19 Å². The summed E-state index contributed by atoms with van der Waals surface area (Å²) in [7, 11) is -0.718. The lowest BCUT2D eigenvalue weighted by Crippen LogP contribution is -2.16. The third kappa shape index (κ3) is 4.22. The monoisotopic (exact) mass is 456 g/mol. The van der Waals surface area contributed by atoms with Gasteiger partial charge in [-0.05, 0) is 30.7 Å². The maximum Gasteiger partial charge on any atom is 0.274 e. The van der Waals surface area contributed by atoms with Gasteiger partial charge in [0.05, 0.1) is 16.9 Å². The predicted octanol–water partition coefficient (Wildman–Crippen LogP) is 5.04. The molecule has 1 aromatic carbocycles. The minimum atomic E-state index is -2.40. The Morgan fingerprint density at radius 1 is 1.23 bits per heavy atom. The zero-order valence-electron chi connectivity index (χ0n) is 17.5. The van der Waals surface area contributed by atoms with E-state index >= 15 is 0 Å². The first kappa shape index (κ1) is 21.1. The zero-order chi connectivity index (χ0) is 22.3. The van der Waals surface area contributed by atoms with Gasteiger partial charge >= 0.3 is 0 Å². The highest BCUT2D eigenvalue weighted by molar-refractivity contribution is 7.92. The molecule has 7 nitrogen and oxygen atoms in total. The van der Waals surface area contributed by atoms with E-state index in [-0.39, 0.29) is 5.56 Å². The van der Waals surface area contributed by atoms with Gasteiger partial charge in [0, 0.05) is 58.2 Å². The molecule has 0 radical (unpaired) electrons. The lowest BCUT2D eigenvalue weighted by atomic mass is 10.0. The molecule has 160 valence electrons. The molecule has 0 amide bonds. The molecule has 0 saturated carbocycles. The summed E-state index contributed by atoms with van der Waals surface area (Å²) in [5.74, 6) is 0.794. The molecule has 0 fully saturated rings. The molecular formula is C22H21ClN4O3S. The van der Waals surface area contributed by atoms with E-state index in [9.17, 15) is 9.00 Å². The summed E-state index contributed by atoms with van der Waals surface area (Å²) in [5, 5.41) is 1.18. The van der Waals surface area contributed by atoms with E-state index in [4.69, 9.17) is 16.3 Å². The molecule has 0 bridgehead atoms. The molecule has 0 saturated heterocycles. The van der Waals surface area contributed by atoms with Gasteiger partial charge in [-0.2, -0.15) is 4.36 Å². The normalized spacial score (nSPS) is 11.6. The molecule has 3 aromatic heterocycles. The van der Waals surface area contributed by atoms with Gasteiger partial charge in [0.15, 0.2) is 5.75 Å². The van der Waals surface area contributed by atoms with Crippen molar-refractivity contribution in [2.45, 2.75) is 6.92 Å². The van der Waals surface area contributed by atoms with Crippen LogP contribution < -0.4 is 10.3 Å². The van der Waals surface area contributed by atoms with Crippen LogP contribution in [0.1, 0.15) is 5.56 Å². The molecule has 3 heterocycles. The van der Waals surface area contributed by atoms with Crippen LogP contribution in [0, 0.1) is 6.92 Å². The molecule has 4 rings (SSSR count). The van der Waals surface area contributed by atoms with Crippen molar-refractivity contribution in [2.75, 3.05) is 12.5 Å². The van der Waals surface area contributed by atoms with Crippen molar-refractivity contribution in [3.8, 4) is 22.8 Å². The van der Waals surface area contributed by atoms with E-state index in [0.717, 1.165) is 16.5 Å². The second kappa shape index (κ2) is 7.86. The van der Waals surface area contributed by atoms with Crippen molar-refractivity contribution in [1.82, 2.24) is 14.5 Å². The molecule has 31 heavy (non-hydrogen) atoms. The number of hydrogen-bond donors (Lipinski definition) is 1. The number of aryl methyl sites for hydroxylation is 2. The number of para-hydroxylation sites is 1. The van der Waals surface area contributed by atoms with Crippen LogP contribution in [0.2, 0.25) is 5.02 Å². The molecule has 0 unspecified atom stereocenters. The highest BCUT2D eigenvalue weighted by Crippen LogP contribution is 2.39. The number of rotatable bonds is 4. The van der Waals surface area contributed by atoms with Gasteiger partial charge in [0.2, 0.25) is 5.88 Å². The van der Waals surface area contributed by atoms with Crippen molar-refractivity contribution in [2.24, 2.45) is 11.4 Å². The first-order valence-electron chi connectivity index (χ1n) is 9.41. The maximum absolute atomic E-state index is 12.5. The smallest absolute Gasteiger partial charge is 0.274 e.